The van der Waals surface area contributed by atoms with E-state index in [1.165, 1.54) is 13.2 Å². The summed E-state index contributed by atoms with van der Waals surface area (Å²) < 4.78 is 35.0. The maximum absolute atomic E-state index is 15.4. The molecule has 3 aromatic heterocycles. The molecule has 38 heavy (non-hydrogen) atoms. The number of carbonyl (C=O) groups excluding carboxylic acids is 2. The third kappa shape index (κ3) is 5.11. The lowest BCUT2D eigenvalue weighted by atomic mass is 9.88. The molecule has 3 heterocycles. The van der Waals surface area contributed by atoms with E-state index in [-0.39, 0.29) is 28.7 Å². The standard InChI is InChI=1S/C26H30F2N6O4/c1-12(2)21-18(11-38-33-21)25(36)32-22(20(14-4-5-14)15-6-7-15)26(37)31-19-10-30-34(23(19)28)13(3)17-8-16(27)9-29-24(17)35/h8-15,20,22H,4-7H2,1-3H3,(H,29,35)(H,31,37)(H,32,36). The van der Waals surface area contributed by atoms with Gasteiger partial charge in [0, 0.05) is 11.8 Å². The van der Waals surface area contributed by atoms with Crippen molar-refractivity contribution >= 4 is 17.5 Å². The number of carbonyl (C=O) groups is 2. The highest BCUT2D eigenvalue weighted by Crippen LogP contribution is 2.51. The average Bonchev–Trinajstić information content (AvgIpc) is 3.81. The zero-order valence-electron chi connectivity index (χ0n) is 21.3. The van der Waals surface area contributed by atoms with Crippen LogP contribution in [0.4, 0.5) is 14.5 Å². The third-order valence-corrected chi connectivity index (χ3v) is 7.38. The molecule has 0 radical (unpaired) electrons. The Hall–Kier alpha value is -3.83. The second kappa shape index (κ2) is 10.1. The molecule has 10 nitrogen and oxygen atoms in total. The van der Waals surface area contributed by atoms with Crippen LogP contribution in [0.25, 0.3) is 0 Å². The number of halogens is 2. The van der Waals surface area contributed by atoms with E-state index in [9.17, 15) is 18.8 Å². The second-order valence-corrected chi connectivity index (χ2v) is 10.5. The molecule has 0 aromatic carbocycles. The fourth-order valence-corrected chi connectivity index (χ4v) is 5.11. The lowest BCUT2D eigenvalue weighted by Gasteiger charge is -2.27. The van der Waals surface area contributed by atoms with Crippen LogP contribution < -0.4 is 16.2 Å². The van der Waals surface area contributed by atoms with Gasteiger partial charge in [-0.3, -0.25) is 14.4 Å². The molecule has 2 amide bonds. The number of pyridine rings is 1. The van der Waals surface area contributed by atoms with Crippen molar-refractivity contribution in [3.05, 3.63) is 63.7 Å². The molecule has 2 aliphatic rings. The fraction of sp³-hybridized carbons (Fsp3) is 0.500. The number of aromatic amines is 1. The number of hydrogen-bond acceptors (Lipinski definition) is 6. The van der Waals surface area contributed by atoms with Gasteiger partial charge < -0.3 is 20.1 Å². The number of H-pyrrole nitrogens is 1. The van der Waals surface area contributed by atoms with Crippen LogP contribution in [-0.2, 0) is 4.79 Å². The molecule has 2 saturated carbocycles. The summed E-state index contributed by atoms with van der Waals surface area (Å²) >= 11 is 0. The van der Waals surface area contributed by atoms with Crippen molar-refractivity contribution < 1.29 is 22.9 Å². The Morgan fingerprint density at radius 3 is 2.47 bits per heavy atom. The van der Waals surface area contributed by atoms with Crippen LogP contribution >= 0.6 is 0 Å². The van der Waals surface area contributed by atoms with Crippen LogP contribution in [0.3, 0.4) is 0 Å². The molecular weight excluding hydrogens is 498 g/mol. The molecule has 3 aromatic rings. The van der Waals surface area contributed by atoms with E-state index in [1.54, 1.807) is 0 Å². The normalized spacial score (nSPS) is 17.0. The number of nitrogens with one attached hydrogen (secondary N) is 3. The topological polar surface area (TPSA) is 135 Å². The summed E-state index contributed by atoms with van der Waals surface area (Å²) in [6.45, 7) is 5.26. The predicted molar refractivity (Wildman–Crippen MR) is 132 cm³/mol. The van der Waals surface area contributed by atoms with Crippen LogP contribution in [0.15, 0.2) is 34.0 Å². The van der Waals surface area contributed by atoms with Crippen molar-refractivity contribution in [3.63, 3.8) is 0 Å². The smallest absolute Gasteiger partial charge is 0.257 e. The zero-order chi connectivity index (χ0) is 27.1. The number of hydrogen-bond donors (Lipinski definition) is 3. The van der Waals surface area contributed by atoms with Gasteiger partial charge in [-0.1, -0.05) is 19.0 Å². The van der Waals surface area contributed by atoms with Crippen molar-refractivity contribution in [2.24, 2.45) is 17.8 Å². The summed E-state index contributed by atoms with van der Waals surface area (Å²) in [6, 6.07) is -0.826. The molecule has 202 valence electrons. The predicted octanol–water partition coefficient (Wildman–Crippen LogP) is 3.74. The molecule has 2 atom stereocenters. The van der Waals surface area contributed by atoms with Crippen LogP contribution in [0.5, 0.6) is 0 Å². The van der Waals surface area contributed by atoms with Gasteiger partial charge in [-0.15, -0.1) is 0 Å². The summed E-state index contributed by atoms with van der Waals surface area (Å²) in [5, 5.41) is 13.4. The third-order valence-electron chi connectivity index (χ3n) is 7.38. The maximum atomic E-state index is 15.4. The quantitative estimate of drug-likeness (QED) is 0.367. The number of anilines is 1. The Morgan fingerprint density at radius 2 is 1.84 bits per heavy atom. The zero-order valence-corrected chi connectivity index (χ0v) is 21.3. The van der Waals surface area contributed by atoms with Gasteiger partial charge in [0.15, 0.2) is 0 Å². The Bertz CT molecular complexity index is 1390. The van der Waals surface area contributed by atoms with Gasteiger partial charge in [0.2, 0.25) is 11.9 Å². The Labute approximate surface area is 217 Å². The second-order valence-electron chi connectivity index (χ2n) is 10.5. The molecule has 2 fully saturated rings. The Balaban J connectivity index is 1.39. The van der Waals surface area contributed by atoms with Crippen LogP contribution in [-0.4, -0.2) is 37.8 Å². The first kappa shape index (κ1) is 25.8. The largest absolute Gasteiger partial charge is 0.364 e. The molecule has 0 aliphatic heterocycles. The van der Waals surface area contributed by atoms with Crippen LogP contribution in [0.1, 0.15) is 80.0 Å². The SMILES string of the molecule is CC(C)c1nocc1C(=O)NC(C(=O)Nc1cnn(C(C)c2cc(F)c[nH]c2=O)c1F)C(C1CC1)C1CC1. The Kier molecular flexibility index (Phi) is 6.89. The van der Waals surface area contributed by atoms with Gasteiger partial charge in [0.1, 0.15) is 29.4 Å². The van der Waals surface area contributed by atoms with E-state index in [1.807, 2.05) is 13.8 Å². The Morgan fingerprint density at radius 1 is 1.16 bits per heavy atom. The minimum absolute atomic E-state index is 0.0211. The summed E-state index contributed by atoms with van der Waals surface area (Å²) in [5.74, 6) is -2.13. The molecular formula is C26H30F2N6O4. The van der Waals surface area contributed by atoms with E-state index in [2.05, 4.69) is 25.9 Å². The monoisotopic (exact) mass is 528 g/mol. The summed E-state index contributed by atoms with van der Waals surface area (Å²) in [5.41, 5.74) is -0.0475. The molecule has 2 aliphatic carbocycles. The first-order chi connectivity index (χ1) is 18.2. The minimum atomic E-state index is -0.940. The van der Waals surface area contributed by atoms with Gasteiger partial charge in [0.25, 0.3) is 11.5 Å². The molecule has 3 N–H and O–H groups in total. The van der Waals surface area contributed by atoms with Gasteiger partial charge in [-0.05, 0) is 62.3 Å². The van der Waals surface area contributed by atoms with Crippen molar-refractivity contribution in [1.29, 1.82) is 0 Å². The van der Waals surface area contributed by atoms with Gasteiger partial charge in [0.05, 0.1) is 17.9 Å². The first-order valence-corrected chi connectivity index (χ1v) is 12.8. The number of nitrogens with zero attached hydrogens (tertiary/aromatic N) is 3. The number of rotatable bonds is 10. The van der Waals surface area contributed by atoms with E-state index in [0.29, 0.717) is 17.5 Å². The summed E-state index contributed by atoms with van der Waals surface area (Å²) in [6.07, 6.45) is 7.19. The molecule has 0 spiro atoms. The summed E-state index contributed by atoms with van der Waals surface area (Å²) in [7, 11) is 0. The van der Waals surface area contributed by atoms with Gasteiger partial charge in [-0.25, -0.2) is 9.07 Å². The molecule has 12 heteroatoms. The highest BCUT2D eigenvalue weighted by molar-refractivity contribution is 6.01. The van der Waals surface area contributed by atoms with Crippen molar-refractivity contribution in [1.82, 2.24) is 25.2 Å². The van der Waals surface area contributed by atoms with E-state index in [4.69, 9.17) is 4.52 Å². The lowest BCUT2D eigenvalue weighted by Crippen LogP contribution is -2.50. The minimum Gasteiger partial charge on any atom is -0.364 e. The fourth-order valence-electron chi connectivity index (χ4n) is 5.11. The van der Waals surface area contributed by atoms with E-state index in [0.717, 1.165) is 48.8 Å². The van der Waals surface area contributed by atoms with E-state index >= 15 is 4.39 Å². The van der Waals surface area contributed by atoms with Crippen molar-refractivity contribution in [2.45, 2.75) is 64.5 Å². The number of amides is 2. The highest BCUT2D eigenvalue weighted by atomic mass is 19.1. The van der Waals surface area contributed by atoms with Gasteiger partial charge in [-0.2, -0.15) is 9.49 Å². The first-order valence-electron chi connectivity index (χ1n) is 12.8. The number of aromatic nitrogens is 4. The molecule has 0 saturated heterocycles. The van der Waals surface area contributed by atoms with Crippen molar-refractivity contribution in [3.8, 4) is 0 Å². The van der Waals surface area contributed by atoms with E-state index < -0.39 is 41.2 Å². The molecule has 5 rings (SSSR count). The van der Waals surface area contributed by atoms with Crippen LogP contribution in [0.2, 0.25) is 0 Å². The molecule has 2 unspecified atom stereocenters. The lowest BCUT2D eigenvalue weighted by molar-refractivity contribution is -0.119. The maximum Gasteiger partial charge on any atom is 0.257 e. The van der Waals surface area contributed by atoms with Crippen molar-refractivity contribution in [2.75, 3.05) is 5.32 Å². The van der Waals surface area contributed by atoms with Gasteiger partial charge >= 0.3 is 0 Å². The molecule has 0 bridgehead atoms. The highest BCUT2D eigenvalue weighted by Gasteiger charge is 2.48. The average molecular weight is 529 g/mol. The van der Waals surface area contributed by atoms with Crippen LogP contribution in [0, 0.1) is 29.5 Å². The summed E-state index contributed by atoms with van der Waals surface area (Å²) in [4.78, 5) is 41.2.